The Morgan fingerprint density at radius 2 is 1.67 bits per heavy atom. The third kappa shape index (κ3) is 6.63. The predicted octanol–water partition coefficient (Wildman–Crippen LogP) is 5.91. The van der Waals surface area contributed by atoms with Gasteiger partial charge in [0.25, 0.3) is 0 Å². The molecule has 2 aromatic rings. The molecule has 2 aromatic carbocycles. The summed E-state index contributed by atoms with van der Waals surface area (Å²) in [6, 6.07) is 11.9. The second-order valence-corrected chi connectivity index (χ2v) is 8.50. The fourth-order valence-corrected chi connectivity index (χ4v) is 3.62. The lowest BCUT2D eigenvalue weighted by atomic mass is 10.1. The van der Waals surface area contributed by atoms with Gasteiger partial charge in [-0.2, -0.15) is 0 Å². The summed E-state index contributed by atoms with van der Waals surface area (Å²) in [5, 5.41) is 4.36. The number of carbonyl (C=O) groups excluding carboxylic acids is 2. The van der Waals surface area contributed by atoms with Gasteiger partial charge in [-0.25, -0.2) is 0 Å². The van der Waals surface area contributed by atoms with E-state index in [-0.39, 0.29) is 30.8 Å². The summed E-state index contributed by atoms with van der Waals surface area (Å²) in [7, 11) is 0. The van der Waals surface area contributed by atoms with E-state index in [1.54, 1.807) is 23.1 Å². The summed E-state index contributed by atoms with van der Waals surface area (Å²) in [5.41, 5.74) is 1.52. The molecule has 1 N–H and O–H groups in total. The average Bonchev–Trinajstić information content (AvgIpc) is 2.72. The van der Waals surface area contributed by atoms with Crippen LogP contribution in [0.25, 0.3) is 0 Å². The first-order chi connectivity index (χ1) is 14.3. The van der Waals surface area contributed by atoms with Crippen LogP contribution in [0.2, 0.25) is 15.1 Å². The van der Waals surface area contributed by atoms with Crippen LogP contribution in [0.3, 0.4) is 0 Å². The van der Waals surface area contributed by atoms with E-state index < -0.39 is 6.04 Å². The second kappa shape index (κ2) is 11.6. The number of hydrogen-bond acceptors (Lipinski definition) is 2. The maximum Gasteiger partial charge on any atom is 0.243 e. The molecule has 0 aromatic heterocycles. The van der Waals surface area contributed by atoms with Gasteiger partial charge in [-0.3, -0.25) is 9.59 Å². The highest BCUT2D eigenvalue weighted by Crippen LogP contribution is 2.25. The predicted molar refractivity (Wildman–Crippen MR) is 124 cm³/mol. The van der Waals surface area contributed by atoms with Gasteiger partial charge in [0, 0.05) is 17.6 Å². The molecule has 0 spiro atoms. The Morgan fingerprint density at radius 1 is 0.967 bits per heavy atom. The molecule has 0 fully saturated rings. The average molecular weight is 470 g/mol. The molecular weight excluding hydrogens is 443 g/mol. The van der Waals surface area contributed by atoms with E-state index in [9.17, 15) is 9.59 Å². The standard InChI is InChI=1S/C23H27Cl3N2O2/c1-4-15(3)27-23(30)21(5-2)28(14-16-10-11-19(25)20(26)12-16)22(29)13-17-8-6-7-9-18(17)24/h6-12,15,21H,4-5,13-14H2,1-3H3,(H,27,30)/t15-,21-/m0/s1. The lowest BCUT2D eigenvalue weighted by molar-refractivity contribution is -0.141. The summed E-state index contributed by atoms with van der Waals surface area (Å²) < 4.78 is 0. The molecular formula is C23H27Cl3N2O2. The molecule has 0 heterocycles. The van der Waals surface area contributed by atoms with Gasteiger partial charge in [-0.1, -0.05) is 72.9 Å². The van der Waals surface area contributed by atoms with Crippen molar-refractivity contribution in [2.45, 2.75) is 58.7 Å². The monoisotopic (exact) mass is 468 g/mol. The van der Waals surface area contributed by atoms with Crippen LogP contribution in [0, 0.1) is 0 Å². The number of carbonyl (C=O) groups is 2. The van der Waals surface area contributed by atoms with Crippen molar-refractivity contribution in [2.75, 3.05) is 0 Å². The van der Waals surface area contributed by atoms with E-state index >= 15 is 0 Å². The molecule has 0 saturated carbocycles. The van der Waals surface area contributed by atoms with Crippen molar-refractivity contribution in [1.29, 1.82) is 0 Å². The first kappa shape index (κ1) is 24.5. The highest BCUT2D eigenvalue weighted by atomic mass is 35.5. The minimum atomic E-state index is -0.608. The highest BCUT2D eigenvalue weighted by molar-refractivity contribution is 6.42. The van der Waals surface area contributed by atoms with Crippen LogP contribution in [0.5, 0.6) is 0 Å². The third-order valence-corrected chi connectivity index (χ3v) is 6.13. The van der Waals surface area contributed by atoms with E-state index in [2.05, 4.69) is 5.32 Å². The van der Waals surface area contributed by atoms with Gasteiger partial charge >= 0.3 is 0 Å². The molecule has 0 bridgehead atoms. The van der Waals surface area contributed by atoms with E-state index in [1.165, 1.54) is 0 Å². The molecule has 4 nitrogen and oxygen atoms in total. The van der Waals surface area contributed by atoms with Gasteiger partial charge in [0.2, 0.25) is 11.8 Å². The third-order valence-electron chi connectivity index (χ3n) is 5.02. The van der Waals surface area contributed by atoms with Gasteiger partial charge < -0.3 is 10.2 Å². The summed E-state index contributed by atoms with van der Waals surface area (Å²) in [6.45, 7) is 6.08. The molecule has 0 aliphatic heterocycles. The van der Waals surface area contributed by atoms with Crippen molar-refractivity contribution >= 4 is 46.6 Å². The van der Waals surface area contributed by atoms with Crippen molar-refractivity contribution in [3.63, 3.8) is 0 Å². The molecule has 2 amide bonds. The first-order valence-corrected chi connectivity index (χ1v) is 11.2. The van der Waals surface area contributed by atoms with Gasteiger partial charge in [-0.05, 0) is 49.1 Å². The Morgan fingerprint density at radius 3 is 2.27 bits per heavy atom. The highest BCUT2D eigenvalue weighted by Gasteiger charge is 2.29. The zero-order valence-electron chi connectivity index (χ0n) is 17.4. The molecule has 0 aliphatic rings. The van der Waals surface area contributed by atoms with E-state index in [4.69, 9.17) is 34.8 Å². The zero-order chi connectivity index (χ0) is 22.3. The molecule has 162 valence electrons. The van der Waals surface area contributed by atoms with Crippen molar-refractivity contribution in [2.24, 2.45) is 0 Å². The normalized spacial score (nSPS) is 12.9. The zero-order valence-corrected chi connectivity index (χ0v) is 19.7. The molecule has 30 heavy (non-hydrogen) atoms. The molecule has 2 atom stereocenters. The van der Waals surface area contributed by atoms with Crippen LogP contribution in [0.1, 0.15) is 44.7 Å². The van der Waals surface area contributed by atoms with Crippen molar-refractivity contribution in [3.8, 4) is 0 Å². The minimum Gasteiger partial charge on any atom is -0.352 e. The number of amides is 2. The quantitative estimate of drug-likeness (QED) is 0.496. The van der Waals surface area contributed by atoms with Gasteiger partial charge in [0.15, 0.2) is 0 Å². The number of halogens is 3. The Hall–Kier alpha value is -1.75. The molecule has 0 aliphatic carbocycles. The second-order valence-electron chi connectivity index (χ2n) is 7.28. The minimum absolute atomic E-state index is 0.0250. The van der Waals surface area contributed by atoms with Gasteiger partial charge in [-0.15, -0.1) is 0 Å². The van der Waals surface area contributed by atoms with Crippen molar-refractivity contribution in [3.05, 3.63) is 68.7 Å². The number of benzene rings is 2. The molecule has 0 saturated heterocycles. The fraction of sp³-hybridized carbons (Fsp3) is 0.391. The largest absolute Gasteiger partial charge is 0.352 e. The summed E-state index contributed by atoms with van der Waals surface area (Å²) in [5.74, 6) is -0.347. The van der Waals surface area contributed by atoms with E-state index in [1.807, 2.05) is 45.0 Å². The molecule has 0 radical (unpaired) electrons. The Balaban J connectivity index is 2.34. The lowest BCUT2D eigenvalue weighted by Crippen LogP contribution is -2.51. The van der Waals surface area contributed by atoms with Crippen LogP contribution in [-0.2, 0) is 22.6 Å². The maximum absolute atomic E-state index is 13.3. The van der Waals surface area contributed by atoms with Crippen LogP contribution in [0.4, 0.5) is 0 Å². The lowest BCUT2D eigenvalue weighted by Gasteiger charge is -2.31. The summed E-state index contributed by atoms with van der Waals surface area (Å²) in [4.78, 5) is 27.8. The maximum atomic E-state index is 13.3. The molecule has 0 unspecified atom stereocenters. The van der Waals surface area contributed by atoms with Crippen molar-refractivity contribution in [1.82, 2.24) is 10.2 Å². The Bertz CT molecular complexity index is 889. The van der Waals surface area contributed by atoms with Crippen LogP contribution >= 0.6 is 34.8 Å². The number of nitrogens with one attached hydrogen (secondary N) is 1. The van der Waals surface area contributed by atoms with Crippen LogP contribution in [-0.4, -0.2) is 28.8 Å². The first-order valence-electron chi connectivity index (χ1n) is 10.0. The smallest absolute Gasteiger partial charge is 0.243 e. The topological polar surface area (TPSA) is 49.4 Å². The van der Waals surface area contributed by atoms with Crippen LogP contribution in [0.15, 0.2) is 42.5 Å². The fourth-order valence-electron chi connectivity index (χ4n) is 3.10. The molecule has 7 heteroatoms. The van der Waals surface area contributed by atoms with Gasteiger partial charge in [0.05, 0.1) is 16.5 Å². The van der Waals surface area contributed by atoms with E-state index in [0.29, 0.717) is 21.5 Å². The van der Waals surface area contributed by atoms with Gasteiger partial charge in [0.1, 0.15) is 6.04 Å². The number of rotatable bonds is 9. The van der Waals surface area contributed by atoms with E-state index in [0.717, 1.165) is 17.5 Å². The van der Waals surface area contributed by atoms with Crippen molar-refractivity contribution < 1.29 is 9.59 Å². The Kier molecular flexibility index (Phi) is 9.47. The van der Waals surface area contributed by atoms with Crippen LogP contribution < -0.4 is 5.32 Å². The SMILES string of the molecule is CC[C@H](C)NC(=O)[C@H](CC)N(Cc1ccc(Cl)c(Cl)c1)C(=O)Cc1ccccc1Cl. The Labute approximate surface area is 193 Å². The summed E-state index contributed by atoms with van der Waals surface area (Å²) in [6.07, 6.45) is 1.40. The number of hydrogen-bond donors (Lipinski definition) is 1. The number of nitrogens with zero attached hydrogens (tertiary/aromatic N) is 1. The molecule has 2 rings (SSSR count). The summed E-state index contributed by atoms with van der Waals surface area (Å²) >= 11 is 18.4.